The predicted molar refractivity (Wildman–Crippen MR) is 90.5 cm³/mol. The molecule has 2 aromatic rings. The monoisotopic (exact) mass is 330 g/mol. The van der Waals surface area contributed by atoms with Crippen LogP contribution in [0.15, 0.2) is 36.7 Å². The number of carbonyl (C=O) groups is 1. The molecule has 0 atom stereocenters. The Morgan fingerprint density at radius 1 is 1.22 bits per heavy atom. The number of nitrogens with zero attached hydrogens (tertiary/aromatic N) is 2. The van der Waals surface area contributed by atoms with Crippen LogP contribution in [0.1, 0.15) is 41.7 Å². The maximum Gasteiger partial charge on any atom is 0.270 e. The van der Waals surface area contributed by atoms with Crippen LogP contribution >= 0.6 is 11.6 Å². The third-order valence-corrected chi connectivity index (χ3v) is 4.37. The number of nitrogens with one attached hydrogen (secondary N) is 2. The maximum atomic E-state index is 12.2. The highest BCUT2D eigenvalue weighted by Gasteiger charge is 2.16. The molecule has 1 fully saturated rings. The molecular formula is C17H19ClN4O. The second kappa shape index (κ2) is 7.42. The third kappa shape index (κ3) is 4.20. The molecular weight excluding hydrogens is 312 g/mol. The summed E-state index contributed by atoms with van der Waals surface area (Å²) in [5.74, 6) is 0.469. The summed E-state index contributed by atoms with van der Waals surface area (Å²) in [6.07, 6.45) is 6.21. The highest BCUT2D eigenvalue weighted by Crippen LogP contribution is 2.21. The molecule has 120 valence electrons. The van der Waals surface area contributed by atoms with Gasteiger partial charge in [-0.15, -0.1) is 0 Å². The van der Waals surface area contributed by atoms with Crippen LogP contribution < -0.4 is 10.6 Å². The summed E-state index contributed by atoms with van der Waals surface area (Å²) in [6, 6.07) is 9.58. The topological polar surface area (TPSA) is 66.9 Å². The van der Waals surface area contributed by atoms with Crippen molar-refractivity contribution in [1.82, 2.24) is 15.3 Å². The van der Waals surface area contributed by atoms with Gasteiger partial charge in [0.2, 0.25) is 0 Å². The molecule has 6 heteroatoms. The summed E-state index contributed by atoms with van der Waals surface area (Å²) in [5.41, 5.74) is 1.23. The van der Waals surface area contributed by atoms with Crippen LogP contribution in [0.4, 0.5) is 5.82 Å². The van der Waals surface area contributed by atoms with Gasteiger partial charge >= 0.3 is 0 Å². The SMILES string of the molecule is O=C(NCc1ccccc1Cl)c1cc(NC2CCCC2)ncn1. The molecule has 1 aromatic heterocycles. The van der Waals surface area contributed by atoms with E-state index in [4.69, 9.17) is 11.6 Å². The molecule has 1 saturated carbocycles. The minimum atomic E-state index is -0.234. The van der Waals surface area contributed by atoms with Gasteiger partial charge in [-0.05, 0) is 24.5 Å². The second-order valence-electron chi connectivity index (χ2n) is 5.69. The van der Waals surface area contributed by atoms with Gasteiger partial charge in [0, 0.05) is 23.7 Å². The molecule has 0 aliphatic heterocycles. The Bertz CT molecular complexity index is 686. The van der Waals surface area contributed by atoms with Gasteiger partial charge in [-0.2, -0.15) is 0 Å². The van der Waals surface area contributed by atoms with Gasteiger partial charge in [0.15, 0.2) is 0 Å². The number of hydrogen-bond donors (Lipinski definition) is 2. The molecule has 3 rings (SSSR count). The van der Waals surface area contributed by atoms with Crippen LogP contribution in [0.5, 0.6) is 0 Å². The number of benzene rings is 1. The van der Waals surface area contributed by atoms with Crippen molar-refractivity contribution in [3.63, 3.8) is 0 Å². The van der Waals surface area contributed by atoms with Crippen LogP contribution in [0, 0.1) is 0 Å². The second-order valence-corrected chi connectivity index (χ2v) is 6.10. The Labute approximate surface area is 140 Å². The lowest BCUT2D eigenvalue weighted by Crippen LogP contribution is -2.24. The van der Waals surface area contributed by atoms with Crippen LogP contribution in [0.3, 0.4) is 0 Å². The van der Waals surface area contributed by atoms with E-state index in [0.29, 0.717) is 29.1 Å². The molecule has 1 heterocycles. The molecule has 23 heavy (non-hydrogen) atoms. The standard InChI is InChI=1S/C17H19ClN4O/c18-14-8-4-1-5-12(14)10-19-17(23)15-9-16(21-11-20-15)22-13-6-2-3-7-13/h1,4-5,8-9,11,13H,2-3,6-7,10H2,(H,19,23)(H,20,21,22). The molecule has 0 bridgehead atoms. The van der Waals surface area contributed by atoms with Gasteiger partial charge in [0.25, 0.3) is 5.91 Å². The number of aromatic nitrogens is 2. The maximum absolute atomic E-state index is 12.2. The minimum Gasteiger partial charge on any atom is -0.367 e. The Morgan fingerprint density at radius 2 is 2.00 bits per heavy atom. The van der Waals surface area contributed by atoms with Crippen LogP contribution in [0.25, 0.3) is 0 Å². The summed E-state index contributed by atoms with van der Waals surface area (Å²) < 4.78 is 0. The summed E-state index contributed by atoms with van der Waals surface area (Å²) in [5, 5.41) is 6.84. The van der Waals surface area contributed by atoms with Crippen LogP contribution in [-0.4, -0.2) is 21.9 Å². The lowest BCUT2D eigenvalue weighted by molar-refractivity contribution is 0.0946. The third-order valence-electron chi connectivity index (χ3n) is 4.00. The first-order valence-electron chi connectivity index (χ1n) is 7.82. The van der Waals surface area contributed by atoms with Gasteiger partial charge in [-0.1, -0.05) is 42.6 Å². The average molecular weight is 331 g/mol. The highest BCUT2D eigenvalue weighted by molar-refractivity contribution is 6.31. The number of carbonyl (C=O) groups excluding carboxylic acids is 1. The van der Waals surface area contributed by atoms with E-state index in [2.05, 4.69) is 20.6 Å². The number of amides is 1. The van der Waals surface area contributed by atoms with Crippen molar-refractivity contribution < 1.29 is 4.79 Å². The zero-order chi connectivity index (χ0) is 16.1. The van der Waals surface area contributed by atoms with Crippen molar-refractivity contribution in [2.75, 3.05) is 5.32 Å². The molecule has 1 aromatic carbocycles. The van der Waals surface area contributed by atoms with E-state index >= 15 is 0 Å². The lowest BCUT2D eigenvalue weighted by atomic mass is 10.2. The van der Waals surface area contributed by atoms with Gasteiger partial charge in [0.05, 0.1) is 0 Å². The average Bonchev–Trinajstić information content (AvgIpc) is 3.07. The fourth-order valence-corrected chi connectivity index (χ4v) is 2.95. The van der Waals surface area contributed by atoms with Crippen molar-refractivity contribution in [2.24, 2.45) is 0 Å². The van der Waals surface area contributed by atoms with Gasteiger partial charge in [-0.3, -0.25) is 4.79 Å². The van der Waals surface area contributed by atoms with Crippen molar-refractivity contribution in [3.8, 4) is 0 Å². The van der Waals surface area contributed by atoms with Crippen LogP contribution in [-0.2, 0) is 6.54 Å². The Balaban J connectivity index is 1.61. The molecule has 0 spiro atoms. The smallest absolute Gasteiger partial charge is 0.270 e. The fraction of sp³-hybridized carbons (Fsp3) is 0.353. The molecule has 0 radical (unpaired) electrons. The zero-order valence-electron chi connectivity index (χ0n) is 12.8. The van der Waals surface area contributed by atoms with Crippen molar-refractivity contribution in [3.05, 3.63) is 52.9 Å². The van der Waals surface area contributed by atoms with E-state index in [1.807, 2.05) is 18.2 Å². The predicted octanol–water partition coefficient (Wildman–Crippen LogP) is 3.41. The molecule has 2 N–H and O–H groups in total. The lowest BCUT2D eigenvalue weighted by Gasteiger charge is -2.13. The van der Waals surface area contributed by atoms with Gasteiger partial charge in [0.1, 0.15) is 17.8 Å². The highest BCUT2D eigenvalue weighted by atomic mass is 35.5. The van der Waals surface area contributed by atoms with E-state index in [-0.39, 0.29) is 5.91 Å². The summed E-state index contributed by atoms with van der Waals surface area (Å²) in [6.45, 7) is 0.369. The largest absolute Gasteiger partial charge is 0.367 e. The minimum absolute atomic E-state index is 0.234. The first kappa shape index (κ1) is 15.7. The Hall–Kier alpha value is -2.14. The normalized spacial score (nSPS) is 14.7. The van der Waals surface area contributed by atoms with Gasteiger partial charge < -0.3 is 10.6 Å². The number of rotatable bonds is 5. The molecule has 5 nitrogen and oxygen atoms in total. The summed E-state index contributed by atoms with van der Waals surface area (Å²) >= 11 is 6.09. The van der Waals surface area contributed by atoms with E-state index < -0.39 is 0 Å². The molecule has 1 amide bonds. The van der Waals surface area contributed by atoms with E-state index in [0.717, 1.165) is 18.4 Å². The molecule has 0 saturated heterocycles. The molecule has 0 unspecified atom stereocenters. The first-order valence-corrected chi connectivity index (χ1v) is 8.20. The number of hydrogen-bond acceptors (Lipinski definition) is 4. The van der Waals surface area contributed by atoms with Crippen molar-refractivity contribution in [1.29, 1.82) is 0 Å². The van der Waals surface area contributed by atoms with E-state index in [1.165, 1.54) is 19.2 Å². The molecule has 1 aliphatic rings. The quantitative estimate of drug-likeness (QED) is 0.881. The fourth-order valence-electron chi connectivity index (χ4n) is 2.75. The molecule has 1 aliphatic carbocycles. The van der Waals surface area contributed by atoms with Gasteiger partial charge in [-0.25, -0.2) is 9.97 Å². The summed E-state index contributed by atoms with van der Waals surface area (Å²) in [7, 11) is 0. The Morgan fingerprint density at radius 3 is 2.78 bits per heavy atom. The Kier molecular flexibility index (Phi) is 5.08. The van der Waals surface area contributed by atoms with Crippen molar-refractivity contribution in [2.45, 2.75) is 38.3 Å². The zero-order valence-corrected chi connectivity index (χ0v) is 13.5. The van der Waals surface area contributed by atoms with E-state index in [9.17, 15) is 4.79 Å². The van der Waals surface area contributed by atoms with Crippen molar-refractivity contribution >= 4 is 23.3 Å². The van der Waals surface area contributed by atoms with E-state index in [1.54, 1.807) is 12.1 Å². The first-order chi connectivity index (χ1) is 11.2. The number of anilines is 1. The summed E-state index contributed by atoms with van der Waals surface area (Å²) in [4.78, 5) is 20.5. The number of halogens is 1. The van der Waals surface area contributed by atoms with Crippen LogP contribution in [0.2, 0.25) is 5.02 Å².